The van der Waals surface area contributed by atoms with Crippen molar-refractivity contribution in [2.75, 3.05) is 10.2 Å². The summed E-state index contributed by atoms with van der Waals surface area (Å²) in [5.74, 6) is -4.05. The van der Waals surface area contributed by atoms with E-state index in [1.807, 2.05) is 5.32 Å². The van der Waals surface area contributed by atoms with Crippen LogP contribution in [0.5, 0.6) is 0 Å². The third kappa shape index (κ3) is 6.25. The van der Waals surface area contributed by atoms with Crippen LogP contribution in [0.25, 0.3) is 0 Å². The van der Waals surface area contributed by atoms with Gasteiger partial charge < -0.3 is 15.2 Å². The van der Waals surface area contributed by atoms with Crippen LogP contribution in [0, 0.1) is 21.7 Å². The van der Waals surface area contributed by atoms with Crippen molar-refractivity contribution >= 4 is 46.8 Å². The Labute approximate surface area is 209 Å². The average molecular weight is 528 g/mol. The molecule has 3 amide bonds. The Morgan fingerprint density at radius 2 is 1.67 bits per heavy atom. The van der Waals surface area contributed by atoms with Crippen molar-refractivity contribution in [3.8, 4) is 0 Å². The zero-order valence-corrected chi connectivity index (χ0v) is 21.0. The van der Waals surface area contributed by atoms with Crippen molar-refractivity contribution in [2.45, 2.75) is 52.6 Å². The van der Waals surface area contributed by atoms with E-state index in [0.717, 1.165) is 24.3 Å². The highest BCUT2D eigenvalue weighted by atomic mass is 35.5. The second-order valence-corrected chi connectivity index (χ2v) is 10.1. The molecule has 0 atom stereocenters. The Balaban J connectivity index is 2.74. The van der Waals surface area contributed by atoms with E-state index in [9.17, 15) is 29.6 Å². The number of benzene rings is 2. The van der Waals surface area contributed by atoms with E-state index < -0.39 is 68.3 Å². The molecule has 0 radical (unpaired) electrons. The molecule has 0 fully saturated rings. The summed E-state index contributed by atoms with van der Waals surface area (Å²) >= 11 is 5.95. The molecule has 0 saturated carbocycles. The Morgan fingerprint density at radius 3 is 2.14 bits per heavy atom. The normalized spacial score (nSPS) is 11.6. The van der Waals surface area contributed by atoms with Gasteiger partial charge in [-0.25, -0.2) is 18.4 Å². The molecule has 2 rings (SSSR count). The lowest BCUT2D eigenvalue weighted by Gasteiger charge is -2.28. The molecule has 2 N–H and O–H groups in total. The van der Waals surface area contributed by atoms with Crippen LogP contribution < -0.4 is 10.2 Å². The number of amides is 3. The van der Waals surface area contributed by atoms with E-state index in [1.165, 1.54) is 41.5 Å². The van der Waals surface area contributed by atoms with Gasteiger partial charge in [-0.3, -0.25) is 14.9 Å². The minimum Gasteiger partial charge on any atom is -0.464 e. The van der Waals surface area contributed by atoms with Crippen LogP contribution in [0.15, 0.2) is 24.3 Å². The molecular weight excluding hydrogens is 504 g/mol. The fourth-order valence-corrected chi connectivity index (χ4v) is 3.21. The van der Waals surface area contributed by atoms with E-state index in [1.54, 1.807) is 0 Å². The summed E-state index contributed by atoms with van der Waals surface area (Å²) in [7, 11) is 0. The van der Waals surface area contributed by atoms with Crippen LogP contribution in [0.4, 0.5) is 35.4 Å². The predicted octanol–water partition coefficient (Wildman–Crippen LogP) is 6.50. The molecule has 194 valence electrons. The number of halogens is 3. The first-order valence-electron chi connectivity index (χ1n) is 10.4. The Hall–Kier alpha value is -3.80. The Morgan fingerprint density at radius 1 is 1.08 bits per heavy atom. The number of nitrogens with one attached hydrogen (secondary N) is 1. The third-order valence-corrected chi connectivity index (χ3v) is 4.97. The highest BCUT2D eigenvalue weighted by molar-refractivity contribution is 6.34. The van der Waals surface area contributed by atoms with E-state index in [4.69, 9.17) is 16.3 Å². The lowest BCUT2D eigenvalue weighted by atomic mass is 9.85. The molecule has 0 aromatic heterocycles. The summed E-state index contributed by atoms with van der Waals surface area (Å²) in [6, 6.07) is 3.74. The molecule has 13 heteroatoms. The zero-order chi connectivity index (χ0) is 27.7. The number of hydrogen-bond donors (Lipinski definition) is 2. The summed E-state index contributed by atoms with van der Waals surface area (Å²) in [6.45, 7) is 8.99. The first-order valence-corrected chi connectivity index (χ1v) is 10.8. The maximum absolute atomic E-state index is 15.6. The molecule has 0 aliphatic carbocycles. The number of carboxylic acid groups (broad SMARTS) is 1. The third-order valence-electron chi connectivity index (χ3n) is 4.64. The largest absolute Gasteiger partial charge is 0.464 e. The number of non-ortho nitro benzene ring substituents is 1. The van der Waals surface area contributed by atoms with E-state index >= 15 is 8.78 Å². The number of nitro benzene ring substituents is 1. The second-order valence-electron chi connectivity index (χ2n) is 9.67. The fourth-order valence-electron chi connectivity index (χ4n) is 3.01. The summed E-state index contributed by atoms with van der Waals surface area (Å²) in [6.07, 6.45) is -3.38. The van der Waals surface area contributed by atoms with Crippen molar-refractivity contribution in [3.63, 3.8) is 0 Å². The van der Waals surface area contributed by atoms with Gasteiger partial charge in [-0.1, -0.05) is 32.4 Å². The van der Waals surface area contributed by atoms with Crippen LogP contribution >= 0.6 is 11.6 Å². The zero-order valence-electron chi connectivity index (χ0n) is 20.2. The molecule has 0 saturated heterocycles. The van der Waals surface area contributed by atoms with Crippen LogP contribution in [0.3, 0.4) is 0 Å². The number of imide groups is 1. The van der Waals surface area contributed by atoms with Crippen molar-refractivity contribution in [1.82, 2.24) is 0 Å². The topological polar surface area (TPSA) is 139 Å². The van der Waals surface area contributed by atoms with Crippen molar-refractivity contribution in [2.24, 2.45) is 0 Å². The first kappa shape index (κ1) is 28.4. The standard InChI is InChI=1S/C23H24ClF2N3O7/c1-22(2,3)13-10-15(28(20(31)32)21(33)36-23(4,5)6)17(26)18(16(13)25)27-19(30)12-9-11(29(34)35)7-8-14(12)24/h7-10H,1-6H3,(H,27,30)(H,31,32). The number of nitrogens with zero attached hydrogens (tertiary/aromatic N) is 2. The number of rotatable bonds is 4. The molecule has 0 spiro atoms. The highest BCUT2D eigenvalue weighted by Gasteiger charge is 2.35. The smallest absolute Gasteiger partial charge is 0.424 e. The number of carbonyl (C=O) groups excluding carboxylic acids is 2. The lowest BCUT2D eigenvalue weighted by Crippen LogP contribution is -2.41. The highest BCUT2D eigenvalue weighted by Crippen LogP contribution is 2.38. The molecule has 0 aliphatic rings. The van der Waals surface area contributed by atoms with Gasteiger partial charge in [-0.2, -0.15) is 4.90 Å². The van der Waals surface area contributed by atoms with E-state index in [2.05, 4.69) is 0 Å². The lowest BCUT2D eigenvalue weighted by molar-refractivity contribution is -0.384. The number of ether oxygens (including phenoxy) is 1. The van der Waals surface area contributed by atoms with Gasteiger partial charge in [0.1, 0.15) is 11.3 Å². The van der Waals surface area contributed by atoms with Crippen LogP contribution in [0.1, 0.15) is 57.5 Å². The SMILES string of the molecule is CC(C)(C)OC(=O)N(C(=O)O)c1cc(C(C)(C)C)c(F)c(NC(=O)c2cc([N+](=O)[O-])ccc2Cl)c1F. The molecule has 2 aromatic carbocycles. The maximum Gasteiger partial charge on any atom is 0.424 e. The van der Waals surface area contributed by atoms with Crippen molar-refractivity contribution in [1.29, 1.82) is 0 Å². The van der Waals surface area contributed by atoms with E-state index in [-0.39, 0.29) is 15.5 Å². The number of nitro groups is 1. The fraction of sp³-hybridized carbons (Fsp3) is 0.348. The van der Waals surface area contributed by atoms with Crippen molar-refractivity contribution < 1.29 is 37.9 Å². The maximum atomic E-state index is 15.6. The number of hydrogen-bond acceptors (Lipinski definition) is 6. The van der Waals surface area contributed by atoms with Crippen LogP contribution in [-0.2, 0) is 10.2 Å². The van der Waals surface area contributed by atoms with Crippen LogP contribution in [-0.4, -0.2) is 33.7 Å². The van der Waals surface area contributed by atoms with Gasteiger partial charge in [0.2, 0.25) is 0 Å². The Bertz CT molecular complexity index is 1250. The monoisotopic (exact) mass is 527 g/mol. The molecule has 0 bridgehead atoms. The summed E-state index contributed by atoms with van der Waals surface area (Å²) in [4.78, 5) is 47.6. The molecule has 0 unspecified atom stereocenters. The van der Waals surface area contributed by atoms with Gasteiger partial charge in [0.25, 0.3) is 11.6 Å². The average Bonchev–Trinajstić information content (AvgIpc) is 2.70. The second kappa shape index (κ2) is 10.1. The molecule has 10 nitrogen and oxygen atoms in total. The van der Waals surface area contributed by atoms with Crippen LogP contribution in [0.2, 0.25) is 5.02 Å². The van der Waals surface area contributed by atoms with Gasteiger partial charge >= 0.3 is 12.2 Å². The number of carbonyl (C=O) groups is 3. The minimum atomic E-state index is -1.92. The van der Waals surface area contributed by atoms with Gasteiger partial charge in [0.05, 0.1) is 21.2 Å². The summed E-state index contributed by atoms with van der Waals surface area (Å²) < 4.78 is 36.1. The predicted molar refractivity (Wildman–Crippen MR) is 128 cm³/mol. The summed E-state index contributed by atoms with van der Waals surface area (Å²) in [5, 5.41) is 22.4. The molecule has 0 aliphatic heterocycles. The summed E-state index contributed by atoms with van der Waals surface area (Å²) in [5.41, 5.74) is -5.39. The molecule has 2 aromatic rings. The van der Waals surface area contributed by atoms with Gasteiger partial charge in [-0.15, -0.1) is 0 Å². The van der Waals surface area contributed by atoms with Crippen molar-refractivity contribution in [3.05, 3.63) is 62.2 Å². The quantitative estimate of drug-likeness (QED) is 0.342. The van der Waals surface area contributed by atoms with Gasteiger partial charge in [-0.05, 0) is 43.9 Å². The molecule has 0 heterocycles. The minimum absolute atomic E-state index is 0.0503. The Kier molecular flexibility index (Phi) is 7.94. The molecular formula is C23H24ClF2N3O7. The van der Waals surface area contributed by atoms with E-state index in [0.29, 0.717) is 0 Å². The van der Waals surface area contributed by atoms with Gasteiger partial charge in [0.15, 0.2) is 11.6 Å². The first-order chi connectivity index (χ1) is 16.3. The number of anilines is 2. The molecule has 36 heavy (non-hydrogen) atoms. The van der Waals surface area contributed by atoms with Gasteiger partial charge in [0, 0.05) is 12.1 Å².